The van der Waals surface area contributed by atoms with Gasteiger partial charge in [0.2, 0.25) is 0 Å². The van der Waals surface area contributed by atoms with E-state index in [-0.39, 0.29) is 78.7 Å². The van der Waals surface area contributed by atoms with Gasteiger partial charge in [-0.15, -0.1) is 5.10 Å². The van der Waals surface area contributed by atoms with Gasteiger partial charge in [0.15, 0.2) is 11.3 Å². The molecule has 5 N–H and O–H groups in total. The molecule has 2 aromatic carbocycles. The van der Waals surface area contributed by atoms with Crippen LogP contribution in [0.15, 0.2) is 83.0 Å². The van der Waals surface area contributed by atoms with Crippen molar-refractivity contribution in [2.24, 2.45) is 17.6 Å². The second kappa shape index (κ2) is 35.4. The Labute approximate surface area is 497 Å². The van der Waals surface area contributed by atoms with Gasteiger partial charge in [-0.2, -0.15) is 4.68 Å². The summed E-state index contributed by atoms with van der Waals surface area (Å²) in [4.78, 5) is 63.2. The van der Waals surface area contributed by atoms with Crippen molar-refractivity contribution in [2.75, 3.05) is 8.86 Å². The number of aromatic nitrogens is 5. The average molecular weight is 1310 g/mol. The number of halogens is 2. The van der Waals surface area contributed by atoms with Crippen LogP contribution < -0.4 is 20.9 Å². The van der Waals surface area contributed by atoms with E-state index in [1.54, 1.807) is 6.07 Å². The first-order chi connectivity index (χ1) is 38.2. The van der Waals surface area contributed by atoms with Crippen LogP contribution in [0.4, 0.5) is 0 Å². The summed E-state index contributed by atoms with van der Waals surface area (Å²) in [5.74, 6) is -0.796. The van der Waals surface area contributed by atoms with Crippen LogP contribution in [0.5, 0.6) is 23.0 Å². The molecule has 1 amide bonds. The number of nitrogens with zero attached hydrogens (tertiary/aromatic N) is 5. The summed E-state index contributed by atoms with van der Waals surface area (Å²) in [5.41, 5.74) is 12.5. The summed E-state index contributed by atoms with van der Waals surface area (Å²) < 4.78 is 21.8. The van der Waals surface area contributed by atoms with Crippen molar-refractivity contribution in [1.29, 1.82) is 0 Å². The fraction of sp³-hybridized carbons (Fsp3) is 0.533. The van der Waals surface area contributed by atoms with Crippen molar-refractivity contribution in [3.63, 3.8) is 0 Å². The lowest BCUT2D eigenvalue weighted by Crippen LogP contribution is -2.30. The maximum atomic E-state index is 13.0. The zero-order chi connectivity index (χ0) is 59.5. The fourth-order valence-electron chi connectivity index (χ4n) is 9.73. The number of phenolic OH excluding ortho intramolecular Hbond substituents is 2. The number of unbranched alkanes of at least 4 members (excludes halogenated alkanes) is 4. The van der Waals surface area contributed by atoms with Crippen molar-refractivity contribution in [1.82, 2.24) is 24.4 Å². The van der Waals surface area contributed by atoms with Crippen LogP contribution >= 0.6 is 45.2 Å². The fourth-order valence-corrected chi connectivity index (χ4v) is 10.5. The third kappa shape index (κ3) is 21.3. The third-order valence-corrected chi connectivity index (χ3v) is 15.3. The lowest BCUT2D eigenvalue weighted by Gasteiger charge is -2.32. The largest absolute Gasteiger partial charge is 0.507 e. The predicted molar refractivity (Wildman–Crippen MR) is 330 cm³/mol. The molecule has 6 rings (SSSR count). The number of fused-ring (bicyclic) bond motifs is 1. The van der Waals surface area contributed by atoms with E-state index in [2.05, 4.69) is 128 Å². The Hall–Kier alpha value is -5.32. The number of aromatic hydroxyl groups is 2. The van der Waals surface area contributed by atoms with Gasteiger partial charge < -0.3 is 30.5 Å². The number of hydrogen-bond donors (Lipinski definition) is 4. The highest BCUT2D eigenvalue weighted by Gasteiger charge is 2.33. The zero-order valence-corrected chi connectivity index (χ0v) is 51.5. The van der Waals surface area contributed by atoms with Gasteiger partial charge in [-0.1, -0.05) is 144 Å². The highest BCUT2D eigenvalue weighted by molar-refractivity contribution is 14.1. The molecule has 2 aliphatic carbocycles. The second-order valence-corrected chi connectivity index (χ2v) is 22.5. The SMILES string of the molecule is C=C(C)[C@@H]1CCC(C)=C[C@H]1c1c(O)cc(CCCCC)cc1OC(=O)CCCI.C=C(C)[C@@H]1CCC(C)=C[C@H]1c1c(O)cc(CCCCC)cc1OC(=O)CCCn1nnc2c(C(N)=O)ncn2c1=O.O=C(O)CCCI.[2H]C[B]. The number of amides is 1. The Morgan fingerprint density at radius 3 is 1.63 bits per heavy atom. The number of carbonyl (C=O) groups excluding carboxylic acids is 3. The zero-order valence-electron chi connectivity index (χ0n) is 48.2. The van der Waals surface area contributed by atoms with Crippen molar-refractivity contribution >= 4 is 82.5 Å². The van der Waals surface area contributed by atoms with Gasteiger partial charge in [-0.3, -0.25) is 19.2 Å². The van der Waals surface area contributed by atoms with Crippen LogP contribution in [-0.2, 0) is 33.8 Å². The number of carboxylic acids is 1. The highest BCUT2D eigenvalue weighted by atomic mass is 127. The van der Waals surface area contributed by atoms with Crippen molar-refractivity contribution < 1.29 is 45.3 Å². The Morgan fingerprint density at radius 1 is 0.772 bits per heavy atom. The molecule has 0 fully saturated rings. The van der Waals surface area contributed by atoms with E-state index in [4.69, 9.17) is 21.7 Å². The molecule has 2 heterocycles. The van der Waals surface area contributed by atoms with Crippen LogP contribution in [0.25, 0.3) is 5.65 Å². The lowest BCUT2D eigenvalue weighted by atomic mass is 9.73. The molecule has 19 heteroatoms. The number of rotatable bonds is 25. The van der Waals surface area contributed by atoms with Gasteiger partial charge in [-0.25, -0.2) is 14.2 Å². The van der Waals surface area contributed by atoms with Crippen molar-refractivity contribution in [3.05, 3.63) is 117 Å². The number of imidazole rings is 1. The molecule has 4 aromatic rings. The van der Waals surface area contributed by atoms with Crippen LogP contribution in [0, 0.1) is 11.8 Å². The van der Waals surface area contributed by atoms with Crippen LogP contribution in [0.3, 0.4) is 0 Å². The molecule has 2 aliphatic rings. The van der Waals surface area contributed by atoms with Gasteiger partial charge in [0.05, 0.1) is 7.85 Å². The number of allylic oxidation sites excluding steroid dienone is 6. The number of phenols is 2. The van der Waals surface area contributed by atoms with Gasteiger partial charge in [0.25, 0.3) is 5.91 Å². The maximum Gasteiger partial charge on any atom is 0.352 e. The minimum Gasteiger partial charge on any atom is -0.507 e. The molecule has 4 atom stereocenters. The quantitative estimate of drug-likeness (QED) is 0.00920. The average Bonchev–Trinajstić information content (AvgIpc) is 3.91. The van der Waals surface area contributed by atoms with Crippen LogP contribution in [0.2, 0.25) is 6.80 Å². The minimum atomic E-state index is -0.810. The minimum absolute atomic E-state index is 0. The van der Waals surface area contributed by atoms with Gasteiger partial charge >= 0.3 is 23.6 Å². The molecule has 0 unspecified atom stereocenters. The number of carboxylic acid groups (broad SMARTS) is 1. The molecule has 0 saturated carbocycles. The van der Waals surface area contributed by atoms with Gasteiger partial charge in [-0.05, 0) is 146 Å². The predicted octanol–water partition coefficient (Wildman–Crippen LogP) is 13.0. The second-order valence-electron chi connectivity index (χ2n) is 20.3. The van der Waals surface area contributed by atoms with E-state index in [0.717, 1.165) is 136 Å². The summed E-state index contributed by atoms with van der Waals surface area (Å²) in [6.07, 6.45) is 20.1. The summed E-state index contributed by atoms with van der Waals surface area (Å²) in [5, 5.41) is 38.0. The number of nitrogens with two attached hydrogens (primary N) is 1. The normalized spacial score (nSPS) is 16.7. The molecular weight excluding hydrogens is 1230 g/mol. The Kier molecular flexibility index (Phi) is 29.7. The Balaban J connectivity index is 0.000000374. The van der Waals surface area contributed by atoms with E-state index < -0.39 is 23.5 Å². The first kappa shape index (κ1) is 66.2. The van der Waals surface area contributed by atoms with Gasteiger partial charge in [0.1, 0.15) is 29.3 Å². The molecule has 0 bridgehead atoms. The number of carbonyl (C=O) groups is 4. The van der Waals surface area contributed by atoms with E-state index in [1.807, 2.05) is 25.1 Å². The standard InChI is InChI=1S/C30H38N6O5.C25H35IO3.C4H7IO2.CH3B/c1-5-6-7-9-20-15-23(37)26(22-14-19(4)11-12-21(22)18(2)3)24(16-20)41-25(38)10-8-13-36-30(40)35-17-32-27(28(31)39)29(35)33-34-36;1-5-6-7-9-19-15-22(27)25(23(16-19)29-24(28)10-8-13-26)21-14-18(4)11-12-20(21)17(2)3;5-3-1-2-4(6)7;1-2/h14-17,21-22,37H,2,5-13H2,1,3-4H3,(H2,31,39);14-16,20-21,27H,2,5-13H2,1,3-4H3;1-3H2,(H,6,7);1H3/t21-,22+;20-,21+;;/m00../s1/i;;;1D. The number of alkyl halides is 2. The molecule has 0 saturated heterocycles. The summed E-state index contributed by atoms with van der Waals surface area (Å²) in [6, 6.07) is 7.49. The molecule has 16 nitrogen and oxygen atoms in total. The number of hydrogen-bond acceptors (Lipinski definition) is 12. The number of aliphatic carboxylic acids is 1. The molecule has 0 spiro atoms. The smallest absolute Gasteiger partial charge is 0.352 e. The number of esters is 2. The number of aryl methyl sites for hydroxylation is 3. The first-order valence-electron chi connectivity index (χ1n) is 28.1. The first-order valence-corrected chi connectivity index (χ1v) is 30.4. The highest BCUT2D eigenvalue weighted by Crippen LogP contribution is 2.49. The molecule has 2 aromatic heterocycles. The van der Waals surface area contributed by atoms with E-state index in [1.165, 1.54) is 17.5 Å². The Bertz CT molecular complexity index is 2850. The van der Waals surface area contributed by atoms with E-state index >= 15 is 0 Å². The molecule has 79 heavy (non-hydrogen) atoms. The van der Waals surface area contributed by atoms with Crippen LogP contribution in [0.1, 0.15) is 190 Å². The van der Waals surface area contributed by atoms with Gasteiger partial charge in [0, 0.05) is 59.0 Å². The molecular formula is C60H83BI2N6O10. The van der Waals surface area contributed by atoms with E-state index in [9.17, 15) is 34.2 Å². The van der Waals surface area contributed by atoms with Crippen molar-refractivity contribution in [2.45, 2.75) is 182 Å². The van der Waals surface area contributed by atoms with Crippen molar-refractivity contribution in [3.8, 4) is 23.0 Å². The maximum absolute atomic E-state index is 13.0. The monoisotopic (exact) mass is 1310 g/mol. The number of ether oxygens (including phenoxy) is 2. The van der Waals surface area contributed by atoms with E-state index in [0.29, 0.717) is 29.9 Å². The van der Waals surface area contributed by atoms with Crippen LogP contribution in [-0.4, -0.2) is 80.2 Å². The number of benzene rings is 2. The molecule has 430 valence electrons. The Morgan fingerprint density at radius 2 is 1.23 bits per heavy atom. The summed E-state index contributed by atoms with van der Waals surface area (Å²) in [7, 11) is 4.51. The third-order valence-electron chi connectivity index (χ3n) is 13.8. The molecule has 0 aliphatic heterocycles. The summed E-state index contributed by atoms with van der Waals surface area (Å²) >= 11 is 4.43. The summed E-state index contributed by atoms with van der Waals surface area (Å²) in [6.45, 7) is 21.0. The topological polar surface area (TPSA) is 239 Å². The molecule has 2 radical (unpaired) electrons. The lowest BCUT2D eigenvalue weighted by molar-refractivity contribution is -0.137. The number of primary amides is 1.